The average Bonchev–Trinajstić information content (AvgIpc) is 3.08. The predicted molar refractivity (Wildman–Crippen MR) is 85.2 cm³/mol. The van der Waals surface area contributed by atoms with Crippen LogP contribution in [0.5, 0.6) is 0 Å². The van der Waals surface area contributed by atoms with E-state index in [4.69, 9.17) is 23.8 Å². The Bertz CT molecular complexity index is 802. The highest BCUT2D eigenvalue weighted by Crippen LogP contribution is 2.22. The van der Waals surface area contributed by atoms with Crippen molar-refractivity contribution in [2.24, 2.45) is 5.10 Å². The summed E-state index contributed by atoms with van der Waals surface area (Å²) in [5.41, 5.74) is 0.828. The van der Waals surface area contributed by atoms with Gasteiger partial charge in [0.1, 0.15) is 0 Å². The number of aromatic nitrogens is 3. The van der Waals surface area contributed by atoms with Gasteiger partial charge >= 0.3 is 0 Å². The molecule has 0 atom stereocenters. The Morgan fingerprint density at radius 3 is 2.90 bits per heavy atom. The van der Waals surface area contributed by atoms with Gasteiger partial charge in [0, 0.05) is 10.6 Å². The van der Waals surface area contributed by atoms with E-state index in [0.717, 1.165) is 10.4 Å². The molecular weight excluding hydrogens is 312 g/mol. The van der Waals surface area contributed by atoms with Gasteiger partial charge in [0.2, 0.25) is 4.77 Å². The molecule has 0 bridgehead atoms. The molecule has 2 heterocycles. The average molecular weight is 321 g/mol. The van der Waals surface area contributed by atoms with Crippen LogP contribution in [-0.4, -0.2) is 21.1 Å². The molecule has 100 valence electrons. The van der Waals surface area contributed by atoms with Crippen molar-refractivity contribution in [1.29, 1.82) is 0 Å². The van der Waals surface area contributed by atoms with Crippen molar-refractivity contribution in [2.45, 2.75) is 0 Å². The van der Waals surface area contributed by atoms with Gasteiger partial charge in [-0.25, -0.2) is 5.10 Å². The summed E-state index contributed by atoms with van der Waals surface area (Å²) in [6.45, 7) is 0. The molecule has 2 aromatic heterocycles. The summed E-state index contributed by atoms with van der Waals surface area (Å²) < 4.78 is 2.03. The van der Waals surface area contributed by atoms with Gasteiger partial charge in [0.05, 0.1) is 11.1 Å². The number of hydrogen-bond donors (Lipinski definition) is 1. The molecule has 1 N–H and O–H groups in total. The second-order valence-electron chi connectivity index (χ2n) is 3.91. The van der Waals surface area contributed by atoms with Crippen molar-refractivity contribution in [1.82, 2.24) is 14.9 Å². The lowest BCUT2D eigenvalue weighted by Crippen LogP contribution is -1.94. The second kappa shape index (κ2) is 5.70. The Morgan fingerprint density at radius 1 is 1.30 bits per heavy atom. The summed E-state index contributed by atoms with van der Waals surface area (Å²) in [4.78, 5) is 0.994. The minimum absolute atomic E-state index is 0.441. The van der Waals surface area contributed by atoms with Gasteiger partial charge in [-0.2, -0.15) is 14.9 Å². The van der Waals surface area contributed by atoms with Gasteiger partial charge in [-0.3, -0.25) is 0 Å². The highest BCUT2D eigenvalue weighted by molar-refractivity contribution is 7.71. The third kappa shape index (κ3) is 2.58. The minimum Gasteiger partial charge on any atom is -0.250 e. The number of benzene rings is 1. The Balaban J connectivity index is 2.02. The standard InChI is InChI=1S/C13H9ClN4S2/c14-10-5-2-1-4-9(10)8-15-18-12(16-17-13(18)19)11-6-3-7-20-11/h1-8H,(H,17,19). The molecule has 0 aliphatic rings. The van der Waals surface area contributed by atoms with Crippen molar-refractivity contribution >= 4 is 41.4 Å². The first kappa shape index (κ1) is 13.2. The molecule has 0 unspecified atom stereocenters. The summed E-state index contributed by atoms with van der Waals surface area (Å²) in [5, 5.41) is 13.9. The van der Waals surface area contributed by atoms with Crippen molar-refractivity contribution in [3.8, 4) is 10.7 Å². The number of nitrogens with one attached hydrogen (secondary N) is 1. The van der Waals surface area contributed by atoms with E-state index in [0.29, 0.717) is 15.6 Å². The zero-order chi connectivity index (χ0) is 13.9. The van der Waals surface area contributed by atoms with Gasteiger partial charge in [0.25, 0.3) is 0 Å². The van der Waals surface area contributed by atoms with Crippen molar-refractivity contribution < 1.29 is 0 Å². The number of thiophene rings is 1. The third-order valence-electron chi connectivity index (χ3n) is 2.61. The van der Waals surface area contributed by atoms with E-state index in [-0.39, 0.29) is 0 Å². The summed E-state index contributed by atoms with van der Waals surface area (Å²) in [7, 11) is 0. The molecule has 3 rings (SSSR count). The van der Waals surface area contributed by atoms with Crippen LogP contribution in [0.3, 0.4) is 0 Å². The van der Waals surface area contributed by atoms with Crippen LogP contribution >= 0.6 is 35.2 Å². The van der Waals surface area contributed by atoms with Crippen molar-refractivity contribution in [3.63, 3.8) is 0 Å². The number of halogens is 1. The van der Waals surface area contributed by atoms with E-state index in [1.807, 2.05) is 41.8 Å². The lowest BCUT2D eigenvalue weighted by molar-refractivity contribution is 0.873. The number of nitrogens with zero attached hydrogens (tertiary/aromatic N) is 3. The van der Waals surface area contributed by atoms with Crippen LogP contribution in [0.4, 0.5) is 0 Å². The molecule has 0 saturated carbocycles. The van der Waals surface area contributed by atoms with E-state index in [9.17, 15) is 0 Å². The van der Waals surface area contributed by atoms with E-state index >= 15 is 0 Å². The fourth-order valence-electron chi connectivity index (χ4n) is 1.66. The monoisotopic (exact) mass is 320 g/mol. The van der Waals surface area contributed by atoms with Crippen molar-refractivity contribution in [3.05, 3.63) is 57.1 Å². The molecule has 4 nitrogen and oxygen atoms in total. The van der Waals surface area contributed by atoms with Crippen LogP contribution in [0.2, 0.25) is 5.02 Å². The second-order valence-corrected chi connectivity index (χ2v) is 5.65. The Hall–Kier alpha value is -1.76. The molecule has 1 aromatic carbocycles. The van der Waals surface area contributed by atoms with E-state index < -0.39 is 0 Å². The fraction of sp³-hybridized carbons (Fsp3) is 0. The molecule has 0 radical (unpaired) electrons. The van der Waals surface area contributed by atoms with E-state index in [1.54, 1.807) is 22.2 Å². The summed E-state index contributed by atoms with van der Waals surface area (Å²) >= 11 is 12.9. The first-order valence-electron chi connectivity index (χ1n) is 5.76. The number of H-pyrrole nitrogens is 1. The molecule has 7 heteroatoms. The first-order chi connectivity index (χ1) is 9.75. The van der Waals surface area contributed by atoms with Crippen LogP contribution < -0.4 is 0 Å². The van der Waals surface area contributed by atoms with Gasteiger partial charge in [-0.15, -0.1) is 11.3 Å². The van der Waals surface area contributed by atoms with Crippen LogP contribution in [-0.2, 0) is 0 Å². The predicted octanol–water partition coefficient (Wildman–Crippen LogP) is 4.20. The molecular formula is C13H9ClN4S2. The molecule has 0 spiro atoms. The van der Waals surface area contributed by atoms with Crippen molar-refractivity contribution in [2.75, 3.05) is 0 Å². The first-order valence-corrected chi connectivity index (χ1v) is 7.42. The van der Waals surface area contributed by atoms with Gasteiger partial charge in [0.15, 0.2) is 5.82 Å². The molecule has 0 amide bonds. The van der Waals surface area contributed by atoms with E-state index in [1.165, 1.54) is 0 Å². The maximum Gasteiger partial charge on any atom is 0.216 e. The summed E-state index contributed by atoms with van der Waals surface area (Å²) in [6.07, 6.45) is 1.67. The molecule has 0 fully saturated rings. The smallest absolute Gasteiger partial charge is 0.216 e. The van der Waals surface area contributed by atoms with Gasteiger partial charge in [-0.1, -0.05) is 35.9 Å². The van der Waals surface area contributed by atoms with Crippen LogP contribution in [0.15, 0.2) is 46.9 Å². The molecule has 0 aliphatic carbocycles. The summed E-state index contributed by atoms with van der Waals surface area (Å²) in [5.74, 6) is 0.688. The largest absolute Gasteiger partial charge is 0.250 e. The SMILES string of the molecule is S=c1[nH]nc(-c2cccs2)n1N=Cc1ccccc1Cl. The molecule has 0 aliphatic heterocycles. The highest BCUT2D eigenvalue weighted by atomic mass is 35.5. The highest BCUT2D eigenvalue weighted by Gasteiger charge is 2.08. The van der Waals surface area contributed by atoms with Crippen LogP contribution in [0.1, 0.15) is 5.56 Å². The molecule has 3 aromatic rings. The fourth-order valence-corrected chi connectivity index (χ4v) is 2.73. The van der Waals surface area contributed by atoms with Crippen LogP contribution in [0, 0.1) is 4.77 Å². The maximum atomic E-state index is 6.10. The normalized spacial score (nSPS) is 11.2. The Labute approximate surface area is 129 Å². The zero-order valence-electron chi connectivity index (χ0n) is 10.2. The van der Waals surface area contributed by atoms with Gasteiger partial charge in [-0.05, 0) is 29.7 Å². The summed E-state index contributed by atoms with van der Waals surface area (Å²) in [6, 6.07) is 11.4. The maximum absolute atomic E-state index is 6.10. The van der Waals surface area contributed by atoms with Crippen LogP contribution in [0.25, 0.3) is 10.7 Å². The lowest BCUT2D eigenvalue weighted by atomic mass is 10.2. The van der Waals surface area contributed by atoms with E-state index in [2.05, 4.69) is 15.3 Å². The van der Waals surface area contributed by atoms with Gasteiger partial charge < -0.3 is 0 Å². The number of rotatable bonds is 3. The molecule has 0 saturated heterocycles. The topological polar surface area (TPSA) is 46.0 Å². The quantitative estimate of drug-likeness (QED) is 0.580. The minimum atomic E-state index is 0.441. The number of hydrogen-bond acceptors (Lipinski definition) is 4. The lowest BCUT2D eigenvalue weighted by Gasteiger charge is -1.99. The zero-order valence-corrected chi connectivity index (χ0v) is 12.5. The molecule has 20 heavy (non-hydrogen) atoms. The Morgan fingerprint density at radius 2 is 2.15 bits per heavy atom. The number of aromatic amines is 1. The third-order valence-corrected chi connectivity index (χ3v) is 4.08. The Kier molecular flexibility index (Phi) is 3.77.